The third-order valence-electron chi connectivity index (χ3n) is 3.37. The van der Waals surface area contributed by atoms with Crippen molar-refractivity contribution in [2.45, 2.75) is 25.9 Å². The third-order valence-corrected chi connectivity index (χ3v) is 3.37. The first-order chi connectivity index (χ1) is 10.1. The van der Waals surface area contributed by atoms with Gasteiger partial charge in [0.2, 0.25) is 5.82 Å². The van der Waals surface area contributed by atoms with Crippen molar-refractivity contribution in [2.24, 2.45) is 0 Å². The summed E-state index contributed by atoms with van der Waals surface area (Å²) in [6, 6.07) is 14.2. The van der Waals surface area contributed by atoms with Gasteiger partial charge < -0.3 is 5.32 Å². The summed E-state index contributed by atoms with van der Waals surface area (Å²) in [5.41, 5.74) is 1.36. The summed E-state index contributed by atoms with van der Waals surface area (Å²) in [4.78, 5) is 9.86. The molecule has 2 aromatic rings. The van der Waals surface area contributed by atoms with Gasteiger partial charge in [0.15, 0.2) is 0 Å². The molecule has 0 saturated carbocycles. The molecule has 0 fully saturated rings. The second kappa shape index (κ2) is 6.95. The molecule has 1 unspecified atom stereocenters. The zero-order valence-electron chi connectivity index (χ0n) is 11.8. The van der Waals surface area contributed by atoms with Crippen molar-refractivity contribution in [2.75, 3.05) is 0 Å². The van der Waals surface area contributed by atoms with E-state index in [1.807, 2.05) is 30.3 Å². The number of hydrogen-bond donors (Lipinski definition) is 1. The number of rotatable bonds is 6. The van der Waals surface area contributed by atoms with Crippen LogP contribution in [0.5, 0.6) is 0 Å². The summed E-state index contributed by atoms with van der Waals surface area (Å²) in [6.45, 7) is 2.53. The Labute approximate surface area is 122 Å². The molecule has 0 saturated heterocycles. The maximum Gasteiger partial charge on any atom is 0.304 e. The number of nitrogens with zero attached hydrogens (tertiary/aromatic N) is 1. The van der Waals surface area contributed by atoms with Crippen LogP contribution in [0.4, 0.5) is 10.1 Å². The van der Waals surface area contributed by atoms with E-state index in [0.717, 1.165) is 6.42 Å². The van der Waals surface area contributed by atoms with E-state index in [2.05, 4.69) is 12.2 Å². The Morgan fingerprint density at radius 1 is 1.24 bits per heavy atom. The Morgan fingerprint density at radius 2 is 1.95 bits per heavy atom. The molecule has 0 spiro atoms. The van der Waals surface area contributed by atoms with Gasteiger partial charge in [0.1, 0.15) is 0 Å². The Morgan fingerprint density at radius 3 is 2.52 bits per heavy atom. The van der Waals surface area contributed by atoms with Crippen molar-refractivity contribution in [3.63, 3.8) is 0 Å². The van der Waals surface area contributed by atoms with E-state index in [-0.39, 0.29) is 6.04 Å². The van der Waals surface area contributed by atoms with E-state index in [1.165, 1.54) is 17.7 Å². The van der Waals surface area contributed by atoms with Crippen LogP contribution < -0.4 is 5.32 Å². The van der Waals surface area contributed by atoms with E-state index in [9.17, 15) is 14.5 Å². The molecule has 0 amide bonds. The summed E-state index contributed by atoms with van der Waals surface area (Å²) in [5, 5.41) is 13.9. The van der Waals surface area contributed by atoms with Crippen molar-refractivity contribution >= 4 is 5.69 Å². The highest BCUT2D eigenvalue weighted by Crippen LogP contribution is 2.20. The molecule has 0 bridgehead atoms. The molecule has 0 radical (unpaired) electrons. The molecule has 0 aliphatic rings. The zero-order chi connectivity index (χ0) is 15.2. The minimum absolute atomic E-state index is 0.171. The van der Waals surface area contributed by atoms with E-state index in [0.29, 0.717) is 12.1 Å². The van der Waals surface area contributed by atoms with Crippen LogP contribution in [0.2, 0.25) is 0 Å². The van der Waals surface area contributed by atoms with Crippen LogP contribution in [0.15, 0.2) is 48.5 Å². The summed E-state index contributed by atoms with van der Waals surface area (Å²) in [6.07, 6.45) is 0.902. The molecule has 0 aromatic heterocycles. The molecule has 0 aliphatic heterocycles. The molecular weight excluding hydrogens is 271 g/mol. The van der Waals surface area contributed by atoms with E-state index in [1.54, 1.807) is 6.07 Å². The van der Waals surface area contributed by atoms with E-state index in [4.69, 9.17) is 0 Å². The number of halogens is 1. The first-order valence-corrected chi connectivity index (χ1v) is 6.83. The lowest BCUT2D eigenvalue weighted by atomic mass is 10.0. The lowest BCUT2D eigenvalue weighted by Gasteiger charge is -2.17. The third kappa shape index (κ3) is 3.86. The minimum Gasteiger partial charge on any atom is -0.306 e. The molecule has 4 nitrogen and oxygen atoms in total. The molecule has 1 atom stereocenters. The van der Waals surface area contributed by atoms with Gasteiger partial charge in [-0.25, -0.2) is 0 Å². The summed E-state index contributed by atoms with van der Waals surface area (Å²) in [7, 11) is 0. The lowest BCUT2D eigenvalue weighted by molar-refractivity contribution is -0.387. The first kappa shape index (κ1) is 15.1. The van der Waals surface area contributed by atoms with Crippen LogP contribution in [-0.4, -0.2) is 4.92 Å². The molecule has 0 heterocycles. The molecule has 110 valence electrons. The average molecular weight is 288 g/mol. The summed E-state index contributed by atoms with van der Waals surface area (Å²) in [5.74, 6) is -0.799. The van der Waals surface area contributed by atoms with Crippen molar-refractivity contribution in [1.29, 1.82) is 0 Å². The highest BCUT2D eigenvalue weighted by molar-refractivity contribution is 5.35. The molecule has 21 heavy (non-hydrogen) atoms. The van der Waals surface area contributed by atoms with Gasteiger partial charge in [-0.2, -0.15) is 4.39 Å². The minimum atomic E-state index is -0.799. The Hall–Kier alpha value is -2.27. The maximum atomic E-state index is 13.6. The molecule has 2 aromatic carbocycles. The van der Waals surface area contributed by atoms with E-state index >= 15 is 0 Å². The topological polar surface area (TPSA) is 55.2 Å². The fraction of sp³-hybridized carbons (Fsp3) is 0.250. The maximum absolute atomic E-state index is 13.6. The first-order valence-electron chi connectivity index (χ1n) is 6.83. The largest absolute Gasteiger partial charge is 0.306 e. The standard InChI is InChI=1S/C16H17FN2O2/c1-2-15(13-6-4-3-5-7-13)18-11-12-8-9-16(19(20)21)14(17)10-12/h3-10,15,18H,2,11H2,1H3. The fourth-order valence-corrected chi connectivity index (χ4v) is 2.23. The molecule has 0 aliphatic carbocycles. The van der Waals surface area contributed by atoms with Gasteiger partial charge in [-0.15, -0.1) is 0 Å². The van der Waals surface area contributed by atoms with Crippen LogP contribution in [0, 0.1) is 15.9 Å². The smallest absolute Gasteiger partial charge is 0.304 e. The molecule has 2 rings (SSSR count). The average Bonchev–Trinajstić information content (AvgIpc) is 2.48. The summed E-state index contributed by atoms with van der Waals surface area (Å²) >= 11 is 0. The quantitative estimate of drug-likeness (QED) is 0.646. The van der Waals surface area contributed by atoms with Crippen LogP contribution in [-0.2, 0) is 6.54 Å². The predicted octanol–water partition coefficient (Wildman–Crippen LogP) is 3.97. The Bertz CT molecular complexity index is 617. The second-order valence-electron chi connectivity index (χ2n) is 4.80. The van der Waals surface area contributed by atoms with Gasteiger partial charge in [-0.3, -0.25) is 10.1 Å². The Balaban J connectivity index is 2.05. The number of benzene rings is 2. The van der Waals surface area contributed by atoms with Crippen LogP contribution in [0.1, 0.15) is 30.5 Å². The Kier molecular flexibility index (Phi) is 5.00. The lowest BCUT2D eigenvalue weighted by Crippen LogP contribution is -2.20. The van der Waals surface area contributed by atoms with Gasteiger partial charge >= 0.3 is 5.69 Å². The monoisotopic (exact) mass is 288 g/mol. The SMILES string of the molecule is CCC(NCc1ccc([N+](=O)[O-])c(F)c1)c1ccccc1. The molecular formula is C16H17FN2O2. The predicted molar refractivity (Wildman–Crippen MR) is 79.4 cm³/mol. The van der Waals surface area contributed by atoms with Crippen molar-refractivity contribution < 1.29 is 9.31 Å². The van der Waals surface area contributed by atoms with Crippen molar-refractivity contribution in [3.05, 3.63) is 75.6 Å². The molecule has 1 N–H and O–H groups in total. The summed E-state index contributed by atoms with van der Waals surface area (Å²) < 4.78 is 13.6. The van der Waals surface area contributed by atoms with Gasteiger partial charge in [-0.1, -0.05) is 43.3 Å². The highest BCUT2D eigenvalue weighted by atomic mass is 19.1. The second-order valence-corrected chi connectivity index (χ2v) is 4.80. The van der Waals surface area contributed by atoms with Crippen molar-refractivity contribution in [3.8, 4) is 0 Å². The van der Waals surface area contributed by atoms with Crippen LogP contribution >= 0.6 is 0 Å². The van der Waals surface area contributed by atoms with Crippen molar-refractivity contribution in [1.82, 2.24) is 5.32 Å². The van der Waals surface area contributed by atoms with Gasteiger partial charge in [-0.05, 0) is 23.6 Å². The van der Waals surface area contributed by atoms with Crippen LogP contribution in [0.3, 0.4) is 0 Å². The number of nitro benzene ring substituents is 1. The van der Waals surface area contributed by atoms with Gasteiger partial charge in [0.25, 0.3) is 0 Å². The highest BCUT2D eigenvalue weighted by Gasteiger charge is 2.14. The fourth-order valence-electron chi connectivity index (χ4n) is 2.23. The zero-order valence-corrected chi connectivity index (χ0v) is 11.8. The number of hydrogen-bond acceptors (Lipinski definition) is 3. The molecule has 5 heteroatoms. The normalized spacial score (nSPS) is 12.1. The van der Waals surface area contributed by atoms with Gasteiger partial charge in [0.05, 0.1) is 4.92 Å². The van der Waals surface area contributed by atoms with Crippen LogP contribution in [0.25, 0.3) is 0 Å². The number of nitro groups is 1. The van der Waals surface area contributed by atoms with Gasteiger partial charge in [0, 0.05) is 18.7 Å². The van der Waals surface area contributed by atoms with E-state index < -0.39 is 16.4 Å². The number of nitrogens with one attached hydrogen (secondary N) is 1.